The van der Waals surface area contributed by atoms with E-state index in [1.165, 1.54) is 6.20 Å². The van der Waals surface area contributed by atoms with Gasteiger partial charge >= 0.3 is 0 Å². The SMILES string of the molecule is Cc1cc(C(O)CC#N)cnc1Cl. The van der Waals surface area contributed by atoms with E-state index in [1.807, 2.05) is 6.07 Å². The van der Waals surface area contributed by atoms with E-state index in [-0.39, 0.29) is 6.42 Å². The first kappa shape index (κ1) is 9.97. The summed E-state index contributed by atoms with van der Waals surface area (Å²) in [6.07, 6.45) is 0.786. The lowest BCUT2D eigenvalue weighted by atomic mass is 10.1. The third-order valence-electron chi connectivity index (χ3n) is 1.70. The van der Waals surface area contributed by atoms with Gasteiger partial charge in [-0.15, -0.1) is 0 Å². The molecular formula is C9H9ClN2O. The van der Waals surface area contributed by atoms with Crippen LogP contribution in [0.4, 0.5) is 0 Å². The summed E-state index contributed by atoms with van der Waals surface area (Å²) < 4.78 is 0. The summed E-state index contributed by atoms with van der Waals surface area (Å²) in [6.45, 7) is 1.80. The van der Waals surface area contributed by atoms with Crippen LogP contribution in [-0.4, -0.2) is 10.1 Å². The number of nitriles is 1. The zero-order valence-corrected chi connectivity index (χ0v) is 7.91. The summed E-state index contributed by atoms with van der Waals surface area (Å²) in [7, 11) is 0. The molecule has 4 heteroatoms. The number of halogens is 1. The number of nitrogens with zero attached hydrogens (tertiary/aromatic N) is 2. The van der Waals surface area contributed by atoms with Gasteiger partial charge in [0.15, 0.2) is 0 Å². The number of hydrogen-bond acceptors (Lipinski definition) is 3. The molecule has 1 heterocycles. The minimum absolute atomic E-state index is 0.0722. The number of aryl methyl sites for hydroxylation is 1. The van der Waals surface area contributed by atoms with E-state index in [0.29, 0.717) is 10.7 Å². The van der Waals surface area contributed by atoms with E-state index in [1.54, 1.807) is 13.0 Å². The van der Waals surface area contributed by atoms with Crippen LogP contribution >= 0.6 is 11.6 Å². The summed E-state index contributed by atoms with van der Waals surface area (Å²) in [5, 5.41) is 18.2. The molecule has 0 saturated heterocycles. The molecule has 3 nitrogen and oxygen atoms in total. The molecule has 1 N–H and O–H groups in total. The van der Waals surface area contributed by atoms with Gasteiger partial charge in [-0.3, -0.25) is 0 Å². The van der Waals surface area contributed by atoms with E-state index in [9.17, 15) is 5.11 Å². The molecule has 0 aliphatic rings. The van der Waals surface area contributed by atoms with E-state index < -0.39 is 6.10 Å². The van der Waals surface area contributed by atoms with E-state index in [4.69, 9.17) is 16.9 Å². The Hall–Kier alpha value is -1.11. The van der Waals surface area contributed by atoms with Crippen molar-refractivity contribution < 1.29 is 5.11 Å². The summed E-state index contributed by atoms with van der Waals surface area (Å²) in [6, 6.07) is 3.62. The summed E-state index contributed by atoms with van der Waals surface area (Å²) in [4.78, 5) is 3.88. The Bertz CT molecular complexity index is 346. The molecule has 1 rings (SSSR count). The van der Waals surface area contributed by atoms with E-state index in [0.717, 1.165) is 5.56 Å². The van der Waals surface area contributed by atoms with Crippen molar-refractivity contribution in [2.24, 2.45) is 0 Å². The molecule has 0 fully saturated rings. The third kappa shape index (κ3) is 2.41. The Kier molecular flexibility index (Phi) is 3.24. The predicted molar refractivity (Wildman–Crippen MR) is 49.2 cm³/mol. The Morgan fingerprint density at radius 2 is 2.46 bits per heavy atom. The molecule has 0 aliphatic carbocycles. The molecule has 0 spiro atoms. The van der Waals surface area contributed by atoms with E-state index in [2.05, 4.69) is 4.98 Å². The third-order valence-corrected chi connectivity index (χ3v) is 2.10. The maximum absolute atomic E-state index is 9.43. The van der Waals surface area contributed by atoms with Gasteiger partial charge in [0.1, 0.15) is 5.15 Å². The average molecular weight is 197 g/mol. The number of aliphatic hydroxyl groups is 1. The van der Waals surface area contributed by atoms with Gasteiger partial charge in [0.25, 0.3) is 0 Å². The monoisotopic (exact) mass is 196 g/mol. The number of pyridine rings is 1. The highest BCUT2D eigenvalue weighted by molar-refractivity contribution is 6.30. The lowest BCUT2D eigenvalue weighted by molar-refractivity contribution is 0.183. The molecule has 1 aromatic heterocycles. The van der Waals surface area contributed by atoms with Crippen molar-refractivity contribution in [2.45, 2.75) is 19.4 Å². The smallest absolute Gasteiger partial charge is 0.131 e. The van der Waals surface area contributed by atoms with E-state index >= 15 is 0 Å². The van der Waals surface area contributed by atoms with Crippen LogP contribution in [-0.2, 0) is 0 Å². The normalized spacial score (nSPS) is 12.2. The minimum Gasteiger partial charge on any atom is -0.387 e. The molecule has 1 aromatic rings. The molecule has 68 valence electrons. The Morgan fingerprint density at radius 1 is 1.77 bits per heavy atom. The van der Waals surface area contributed by atoms with Crippen molar-refractivity contribution in [1.29, 1.82) is 5.26 Å². The first-order chi connectivity index (χ1) is 6.15. The van der Waals surface area contributed by atoms with Crippen LogP contribution in [0.3, 0.4) is 0 Å². The Morgan fingerprint density at radius 3 is 3.00 bits per heavy atom. The summed E-state index contributed by atoms with van der Waals surface area (Å²) >= 11 is 5.70. The highest BCUT2D eigenvalue weighted by atomic mass is 35.5. The van der Waals surface area contributed by atoms with Crippen molar-refractivity contribution >= 4 is 11.6 Å². The molecule has 0 bridgehead atoms. The molecule has 1 unspecified atom stereocenters. The molecule has 0 amide bonds. The van der Waals surface area contributed by atoms with Gasteiger partial charge < -0.3 is 5.11 Å². The van der Waals surface area contributed by atoms with Crippen LogP contribution in [0.15, 0.2) is 12.3 Å². The summed E-state index contributed by atoms with van der Waals surface area (Å²) in [5.74, 6) is 0. The number of aromatic nitrogens is 1. The zero-order chi connectivity index (χ0) is 9.84. The highest BCUT2D eigenvalue weighted by Crippen LogP contribution is 2.19. The first-order valence-electron chi connectivity index (χ1n) is 3.82. The van der Waals surface area contributed by atoms with Gasteiger partial charge in [-0.05, 0) is 18.6 Å². The Balaban J connectivity index is 2.91. The van der Waals surface area contributed by atoms with Crippen molar-refractivity contribution in [3.8, 4) is 6.07 Å². The summed E-state index contributed by atoms with van der Waals surface area (Å²) in [5.41, 5.74) is 1.43. The van der Waals surface area contributed by atoms with Crippen LogP contribution in [0.5, 0.6) is 0 Å². The standard InChI is InChI=1S/C9H9ClN2O/c1-6-4-7(5-12-9(6)10)8(13)2-3-11/h4-5,8,13H,2H2,1H3. The van der Waals surface area contributed by atoms with Gasteiger partial charge in [-0.2, -0.15) is 5.26 Å². The second-order valence-corrected chi connectivity index (χ2v) is 3.11. The predicted octanol–water partition coefficient (Wildman–Crippen LogP) is 1.99. The quantitative estimate of drug-likeness (QED) is 0.736. The molecule has 0 aliphatic heterocycles. The number of hydrogen-bond donors (Lipinski definition) is 1. The maximum atomic E-state index is 9.43. The fourth-order valence-corrected chi connectivity index (χ4v) is 1.07. The van der Waals surface area contributed by atoms with Gasteiger partial charge in [0.2, 0.25) is 0 Å². The van der Waals surface area contributed by atoms with Gasteiger partial charge in [0.05, 0.1) is 18.6 Å². The lowest BCUT2D eigenvalue weighted by Crippen LogP contribution is -1.97. The van der Waals surface area contributed by atoms with Gasteiger partial charge in [0, 0.05) is 11.8 Å². The van der Waals surface area contributed by atoms with Crippen LogP contribution in [0.25, 0.3) is 0 Å². The molecule has 0 aromatic carbocycles. The van der Waals surface area contributed by atoms with Crippen molar-refractivity contribution in [3.63, 3.8) is 0 Å². The van der Waals surface area contributed by atoms with Gasteiger partial charge in [-0.25, -0.2) is 4.98 Å². The second-order valence-electron chi connectivity index (χ2n) is 2.75. The van der Waals surface area contributed by atoms with Crippen molar-refractivity contribution in [3.05, 3.63) is 28.5 Å². The largest absolute Gasteiger partial charge is 0.387 e. The first-order valence-corrected chi connectivity index (χ1v) is 4.20. The molecule has 1 atom stereocenters. The van der Waals surface area contributed by atoms with Crippen LogP contribution in [0.1, 0.15) is 23.7 Å². The molecule has 13 heavy (non-hydrogen) atoms. The van der Waals surface area contributed by atoms with Crippen LogP contribution in [0.2, 0.25) is 5.15 Å². The molecular weight excluding hydrogens is 188 g/mol. The fourth-order valence-electron chi connectivity index (χ4n) is 0.966. The topological polar surface area (TPSA) is 56.9 Å². The van der Waals surface area contributed by atoms with Crippen molar-refractivity contribution in [1.82, 2.24) is 4.98 Å². The minimum atomic E-state index is -0.770. The zero-order valence-electron chi connectivity index (χ0n) is 7.16. The number of rotatable bonds is 2. The van der Waals surface area contributed by atoms with Crippen LogP contribution < -0.4 is 0 Å². The second kappa shape index (κ2) is 4.22. The van der Waals surface area contributed by atoms with Crippen LogP contribution in [0, 0.1) is 18.3 Å². The fraction of sp³-hybridized carbons (Fsp3) is 0.333. The lowest BCUT2D eigenvalue weighted by Gasteiger charge is -2.07. The molecule has 0 radical (unpaired) electrons. The number of aliphatic hydroxyl groups excluding tert-OH is 1. The maximum Gasteiger partial charge on any atom is 0.131 e. The average Bonchev–Trinajstić information content (AvgIpc) is 2.10. The van der Waals surface area contributed by atoms with Gasteiger partial charge in [-0.1, -0.05) is 11.6 Å². The Labute approximate surface area is 81.6 Å². The van der Waals surface area contributed by atoms with Crippen molar-refractivity contribution in [2.75, 3.05) is 0 Å². The highest BCUT2D eigenvalue weighted by Gasteiger charge is 2.08. The molecule has 0 saturated carbocycles.